The second kappa shape index (κ2) is 6.94. The third kappa shape index (κ3) is 4.51. The summed E-state index contributed by atoms with van der Waals surface area (Å²) in [5, 5.41) is 2.54. The Morgan fingerprint density at radius 3 is 2.52 bits per heavy atom. The molecular formula is C16H11F3N4O4. The monoisotopic (exact) mass is 380 g/mol. The summed E-state index contributed by atoms with van der Waals surface area (Å²) in [5.74, 6) is -0.604. The molecule has 140 valence electrons. The number of pyridine rings is 1. The lowest BCUT2D eigenvalue weighted by Gasteiger charge is -2.10. The molecular weight excluding hydrogens is 369 g/mol. The summed E-state index contributed by atoms with van der Waals surface area (Å²) in [5.41, 5.74) is -1.02. The summed E-state index contributed by atoms with van der Waals surface area (Å²) in [6.45, 7) is -1.42. The van der Waals surface area contributed by atoms with Gasteiger partial charge in [-0.25, -0.2) is 9.78 Å². The Morgan fingerprint density at radius 1 is 1.15 bits per heavy atom. The Morgan fingerprint density at radius 2 is 1.85 bits per heavy atom. The largest absolute Gasteiger partial charge is 0.484 e. The zero-order valence-electron chi connectivity index (χ0n) is 13.4. The van der Waals surface area contributed by atoms with Crippen LogP contribution in [-0.2, 0) is 0 Å². The molecule has 1 aromatic carbocycles. The number of aromatic amines is 2. The normalized spacial score (nSPS) is 11.4. The van der Waals surface area contributed by atoms with Gasteiger partial charge in [-0.2, -0.15) is 13.2 Å². The Balaban J connectivity index is 1.74. The molecule has 0 aliphatic heterocycles. The topological polar surface area (TPSA) is 117 Å². The third-order valence-corrected chi connectivity index (χ3v) is 3.37. The first-order chi connectivity index (χ1) is 12.7. The van der Waals surface area contributed by atoms with Crippen LogP contribution in [0.2, 0.25) is 0 Å². The van der Waals surface area contributed by atoms with Crippen molar-refractivity contribution < 1.29 is 22.7 Å². The average molecular weight is 380 g/mol. The van der Waals surface area contributed by atoms with Crippen molar-refractivity contribution >= 4 is 22.6 Å². The van der Waals surface area contributed by atoms with E-state index < -0.39 is 29.9 Å². The standard InChI is InChI=1S/C16H11F3N4O4/c17-16(18,19)7-27-10-3-1-9(2-4-10)21-13(24)8-5-11-12(20-6-8)22-15(26)23-14(11)25/h1-6H,7H2,(H,21,24)(H2,20,22,23,25,26). The second-order valence-corrected chi connectivity index (χ2v) is 5.41. The van der Waals surface area contributed by atoms with Crippen LogP contribution in [0.25, 0.3) is 11.0 Å². The highest BCUT2D eigenvalue weighted by Crippen LogP contribution is 2.20. The quantitative estimate of drug-likeness (QED) is 0.638. The average Bonchev–Trinajstić information content (AvgIpc) is 2.60. The van der Waals surface area contributed by atoms with Crippen molar-refractivity contribution in [3.8, 4) is 5.75 Å². The van der Waals surface area contributed by atoms with Crippen molar-refractivity contribution in [1.82, 2.24) is 15.0 Å². The molecule has 0 spiro atoms. The minimum atomic E-state index is -4.45. The van der Waals surface area contributed by atoms with Crippen LogP contribution in [0.5, 0.6) is 5.75 Å². The van der Waals surface area contributed by atoms with Crippen molar-refractivity contribution in [2.75, 3.05) is 11.9 Å². The number of fused-ring (bicyclic) bond motifs is 1. The van der Waals surface area contributed by atoms with Crippen LogP contribution in [-0.4, -0.2) is 33.6 Å². The van der Waals surface area contributed by atoms with Crippen LogP contribution >= 0.6 is 0 Å². The van der Waals surface area contributed by atoms with Gasteiger partial charge in [0.05, 0.1) is 10.9 Å². The predicted octanol–water partition coefficient (Wildman–Crippen LogP) is 1.80. The molecule has 0 atom stereocenters. The number of rotatable bonds is 4. The number of nitrogens with zero attached hydrogens (tertiary/aromatic N) is 1. The van der Waals surface area contributed by atoms with Crippen molar-refractivity contribution in [3.63, 3.8) is 0 Å². The smallest absolute Gasteiger partial charge is 0.422 e. The van der Waals surface area contributed by atoms with Crippen LogP contribution in [0.3, 0.4) is 0 Å². The van der Waals surface area contributed by atoms with E-state index in [2.05, 4.69) is 20.0 Å². The van der Waals surface area contributed by atoms with Crippen LogP contribution in [0, 0.1) is 0 Å². The number of ether oxygens (including phenoxy) is 1. The van der Waals surface area contributed by atoms with Gasteiger partial charge >= 0.3 is 11.9 Å². The van der Waals surface area contributed by atoms with E-state index in [0.717, 1.165) is 0 Å². The van der Waals surface area contributed by atoms with E-state index in [-0.39, 0.29) is 22.3 Å². The molecule has 3 N–H and O–H groups in total. The number of H-pyrrole nitrogens is 2. The Hall–Kier alpha value is -3.63. The number of anilines is 1. The minimum Gasteiger partial charge on any atom is -0.484 e. The van der Waals surface area contributed by atoms with Gasteiger partial charge in [-0.15, -0.1) is 0 Å². The molecule has 8 nitrogen and oxygen atoms in total. The molecule has 3 rings (SSSR count). The number of nitrogens with one attached hydrogen (secondary N) is 3. The van der Waals surface area contributed by atoms with Crippen LogP contribution in [0.4, 0.5) is 18.9 Å². The van der Waals surface area contributed by atoms with Gasteiger partial charge in [-0.3, -0.25) is 19.6 Å². The fourth-order valence-electron chi connectivity index (χ4n) is 2.17. The molecule has 3 aromatic rings. The molecule has 27 heavy (non-hydrogen) atoms. The number of amides is 1. The lowest BCUT2D eigenvalue weighted by atomic mass is 10.2. The fraction of sp³-hybridized carbons (Fsp3) is 0.125. The van der Waals surface area contributed by atoms with Crippen molar-refractivity contribution in [3.05, 3.63) is 62.9 Å². The molecule has 2 heterocycles. The number of hydrogen-bond donors (Lipinski definition) is 3. The number of benzene rings is 1. The van der Waals surface area contributed by atoms with Gasteiger partial charge in [-0.1, -0.05) is 0 Å². The van der Waals surface area contributed by atoms with E-state index in [0.29, 0.717) is 5.69 Å². The van der Waals surface area contributed by atoms with Crippen molar-refractivity contribution in [1.29, 1.82) is 0 Å². The molecule has 0 unspecified atom stereocenters. The molecule has 0 bridgehead atoms. The molecule has 0 saturated heterocycles. The number of alkyl halides is 3. The van der Waals surface area contributed by atoms with Crippen molar-refractivity contribution in [2.24, 2.45) is 0 Å². The molecule has 2 aromatic heterocycles. The van der Waals surface area contributed by atoms with Crippen LogP contribution < -0.4 is 21.3 Å². The first-order valence-corrected chi connectivity index (χ1v) is 7.44. The SMILES string of the molecule is O=C(Nc1ccc(OCC(F)(F)F)cc1)c1cnc2[nH]c(=O)[nH]c(=O)c2c1. The molecule has 0 aliphatic carbocycles. The van der Waals surface area contributed by atoms with E-state index in [1.165, 1.54) is 36.5 Å². The van der Waals surface area contributed by atoms with E-state index in [9.17, 15) is 27.6 Å². The molecule has 0 radical (unpaired) electrons. The number of carbonyl (C=O) groups excluding carboxylic acids is 1. The zero-order chi connectivity index (χ0) is 19.6. The highest BCUT2D eigenvalue weighted by atomic mass is 19.4. The second-order valence-electron chi connectivity index (χ2n) is 5.41. The van der Waals surface area contributed by atoms with Gasteiger partial charge in [0, 0.05) is 11.9 Å². The Labute approximate surface area is 148 Å². The van der Waals surface area contributed by atoms with Gasteiger partial charge in [0.15, 0.2) is 6.61 Å². The predicted molar refractivity (Wildman–Crippen MR) is 88.9 cm³/mol. The maximum atomic E-state index is 12.3. The zero-order valence-corrected chi connectivity index (χ0v) is 13.4. The fourth-order valence-corrected chi connectivity index (χ4v) is 2.17. The highest BCUT2D eigenvalue weighted by molar-refractivity contribution is 6.05. The highest BCUT2D eigenvalue weighted by Gasteiger charge is 2.28. The molecule has 11 heteroatoms. The summed E-state index contributed by atoms with van der Waals surface area (Å²) in [7, 11) is 0. The van der Waals surface area contributed by atoms with E-state index in [1.54, 1.807) is 0 Å². The van der Waals surface area contributed by atoms with E-state index in [1.807, 2.05) is 4.98 Å². The molecule has 0 aliphatic rings. The lowest BCUT2D eigenvalue weighted by Crippen LogP contribution is -2.23. The number of halogens is 3. The summed E-state index contributed by atoms with van der Waals surface area (Å²) in [6.07, 6.45) is -3.27. The van der Waals surface area contributed by atoms with Crippen molar-refractivity contribution in [2.45, 2.75) is 6.18 Å². The Kier molecular flexibility index (Phi) is 4.67. The number of aromatic nitrogens is 3. The molecule has 0 saturated carbocycles. The summed E-state index contributed by atoms with van der Waals surface area (Å²) >= 11 is 0. The van der Waals surface area contributed by atoms with Gasteiger partial charge in [-0.05, 0) is 30.3 Å². The lowest BCUT2D eigenvalue weighted by molar-refractivity contribution is -0.153. The van der Waals surface area contributed by atoms with Crippen LogP contribution in [0.1, 0.15) is 10.4 Å². The van der Waals surface area contributed by atoms with E-state index >= 15 is 0 Å². The Bertz CT molecular complexity index is 1100. The molecule has 1 amide bonds. The number of carbonyl (C=O) groups is 1. The van der Waals surface area contributed by atoms with Gasteiger partial charge in [0.2, 0.25) is 0 Å². The first-order valence-electron chi connectivity index (χ1n) is 7.44. The minimum absolute atomic E-state index is 0.00631. The summed E-state index contributed by atoms with van der Waals surface area (Å²) in [6, 6.07) is 6.53. The van der Waals surface area contributed by atoms with Gasteiger partial charge in [0.1, 0.15) is 11.4 Å². The maximum absolute atomic E-state index is 12.3. The first kappa shape index (κ1) is 18.2. The van der Waals surface area contributed by atoms with E-state index in [4.69, 9.17) is 0 Å². The third-order valence-electron chi connectivity index (χ3n) is 3.37. The van der Waals surface area contributed by atoms with Crippen LogP contribution in [0.15, 0.2) is 46.1 Å². The molecule has 0 fully saturated rings. The van der Waals surface area contributed by atoms with Gasteiger partial charge < -0.3 is 10.1 Å². The summed E-state index contributed by atoms with van der Waals surface area (Å²) < 4.78 is 40.9. The summed E-state index contributed by atoms with van der Waals surface area (Å²) in [4.78, 5) is 43.4. The van der Waals surface area contributed by atoms with Gasteiger partial charge in [0.25, 0.3) is 11.5 Å². The maximum Gasteiger partial charge on any atom is 0.422 e. The number of hydrogen-bond acceptors (Lipinski definition) is 5.